The second-order valence-corrected chi connectivity index (χ2v) is 6.82. The number of nitrogens with one attached hydrogen (secondary N) is 1. The summed E-state index contributed by atoms with van der Waals surface area (Å²) in [6, 6.07) is 12.0. The van der Waals surface area contributed by atoms with Crippen LogP contribution in [-0.4, -0.2) is 19.1 Å². The minimum absolute atomic E-state index is 0.0251. The van der Waals surface area contributed by atoms with Gasteiger partial charge in [-0.2, -0.15) is 0 Å². The molecule has 4 nitrogen and oxygen atoms in total. The number of ether oxygens (including phenoxy) is 2. The molecule has 0 fully saturated rings. The molecule has 3 rings (SSSR count). The van der Waals surface area contributed by atoms with Crippen LogP contribution in [0.4, 0.5) is 4.39 Å². The standard InChI is InChI=1S/C21H24FNO3/c1-14(2)21(16-6-9-18-19(13-16)26-12-11-25-18)23-20(24)10-5-15-3-7-17(22)8-4-15/h3-4,6-9,13-14,21H,5,10-12H2,1-2H3,(H,23,24)/t21-/m1/s1. The van der Waals surface area contributed by atoms with Gasteiger partial charge in [-0.25, -0.2) is 4.39 Å². The normalized spacial score (nSPS) is 14.2. The summed E-state index contributed by atoms with van der Waals surface area (Å²) in [4.78, 5) is 12.4. The highest BCUT2D eigenvalue weighted by atomic mass is 19.1. The van der Waals surface area contributed by atoms with Crippen LogP contribution in [0.5, 0.6) is 11.5 Å². The van der Waals surface area contributed by atoms with Crippen molar-refractivity contribution in [3.63, 3.8) is 0 Å². The van der Waals surface area contributed by atoms with Crippen molar-refractivity contribution in [3.8, 4) is 11.5 Å². The number of benzene rings is 2. The molecule has 0 saturated carbocycles. The van der Waals surface area contributed by atoms with Gasteiger partial charge in [0.2, 0.25) is 5.91 Å². The van der Waals surface area contributed by atoms with Gasteiger partial charge in [0.1, 0.15) is 19.0 Å². The van der Waals surface area contributed by atoms with E-state index in [0.29, 0.717) is 26.1 Å². The number of hydrogen-bond acceptors (Lipinski definition) is 3. The lowest BCUT2D eigenvalue weighted by Gasteiger charge is -2.25. The van der Waals surface area contributed by atoms with Gasteiger partial charge in [0.25, 0.3) is 0 Å². The van der Waals surface area contributed by atoms with Crippen LogP contribution >= 0.6 is 0 Å². The SMILES string of the molecule is CC(C)[C@@H](NC(=O)CCc1ccc(F)cc1)c1ccc2c(c1)OCCO2. The minimum Gasteiger partial charge on any atom is -0.486 e. The van der Waals surface area contributed by atoms with Gasteiger partial charge in [0, 0.05) is 6.42 Å². The van der Waals surface area contributed by atoms with Gasteiger partial charge >= 0.3 is 0 Å². The van der Waals surface area contributed by atoms with Gasteiger partial charge in [0.05, 0.1) is 6.04 Å². The average Bonchev–Trinajstić information content (AvgIpc) is 2.65. The first-order valence-corrected chi connectivity index (χ1v) is 8.96. The van der Waals surface area contributed by atoms with Gasteiger partial charge in [-0.05, 0) is 47.7 Å². The lowest BCUT2D eigenvalue weighted by atomic mass is 9.95. The molecule has 0 aliphatic carbocycles. The Hall–Kier alpha value is -2.56. The van der Waals surface area contributed by atoms with E-state index in [1.165, 1.54) is 12.1 Å². The van der Waals surface area contributed by atoms with Crippen LogP contribution in [-0.2, 0) is 11.2 Å². The number of fused-ring (bicyclic) bond motifs is 1. The van der Waals surface area contributed by atoms with Crippen molar-refractivity contribution in [1.82, 2.24) is 5.32 Å². The Morgan fingerprint density at radius 1 is 1.08 bits per heavy atom. The predicted molar refractivity (Wildman–Crippen MR) is 97.9 cm³/mol. The van der Waals surface area contributed by atoms with Crippen LogP contribution in [0, 0.1) is 11.7 Å². The van der Waals surface area contributed by atoms with Crippen molar-refractivity contribution in [2.24, 2.45) is 5.92 Å². The van der Waals surface area contributed by atoms with E-state index in [9.17, 15) is 9.18 Å². The minimum atomic E-state index is -0.267. The van der Waals surface area contributed by atoms with Gasteiger partial charge < -0.3 is 14.8 Å². The summed E-state index contributed by atoms with van der Waals surface area (Å²) in [5, 5.41) is 3.11. The molecule has 26 heavy (non-hydrogen) atoms. The molecule has 5 heteroatoms. The van der Waals surface area contributed by atoms with E-state index in [4.69, 9.17) is 9.47 Å². The Morgan fingerprint density at radius 3 is 2.46 bits per heavy atom. The molecule has 1 aliphatic heterocycles. The van der Waals surface area contributed by atoms with E-state index >= 15 is 0 Å². The summed E-state index contributed by atoms with van der Waals surface area (Å²) in [7, 11) is 0. The first-order valence-electron chi connectivity index (χ1n) is 8.96. The van der Waals surface area contributed by atoms with Crippen LogP contribution in [0.15, 0.2) is 42.5 Å². The molecule has 1 heterocycles. The monoisotopic (exact) mass is 357 g/mol. The molecule has 0 aromatic heterocycles. The van der Waals surface area contributed by atoms with E-state index in [1.807, 2.05) is 18.2 Å². The zero-order valence-corrected chi connectivity index (χ0v) is 15.1. The summed E-state index contributed by atoms with van der Waals surface area (Å²) in [5.74, 6) is 1.40. The number of amides is 1. The highest BCUT2D eigenvalue weighted by Gasteiger charge is 2.21. The van der Waals surface area contributed by atoms with E-state index in [1.54, 1.807) is 12.1 Å². The molecule has 0 radical (unpaired) electrons. The topological polar surface area (TPSA) is 47.6 Å². The molecule has 1 aliphatic rings. The third-order valence-corrected chi connectivity index (χ3v) is 4.46. The van der Waals surface area contributed by atoms with Crippen LogP contribution in [0.2, 0.25) is 0 Å². The maximum Gasteiger partial charge on any atom is 0.220 e. The van der Waals surface area contributed by atoms with Crippen molar-refractivity contribution >= 4 is 5.91 Å². The second-order valence-electron chi connectivity index (χ2n) is 6.82. The Bertz CT molecular complexity index is 758. The number of aryl methyl sites for hydroxylation is 1. The van der Waals surface area contributed by atoms with E-state index < -0.39 is 0 Å². The molecule has 0 spiro atoms. The lowest BCUT2D eigenvalue weighted by Crippen LogP contribution is -2.32. The Balaban J connectivity index is 1.64. The van der Waals surface area contributed by atoms with Gasteiger partial charge in [0.15, 0.2) is 11.5 Å². The fourth-order valence-electron chi connectivity index (χ4n) is 3.04. The van der Waals surface area contributed by atoms with Crippen molar-refractivity contribution in [3.05, 3.63) is 59.4 Å². The molecule has 2 aromatic rings. The third-order valence-electron chi connectivity index (χ3n) is 4.46. The molecule has 1 atom stereocenters. The van der Waals surface area contributed by atoms with E-state index in [2.05, 4.69) is 19.2 Å². The van der Waals surface area contributed by atoms with Gasteiger partial charge in [-0.3, -0.25) is 4.79 Å². The Labute approximate surface area is 153 Å². The number of rotatable bonds is 6. The Morgan fingerprint density at radius 2 is 1.77 bits per heavy atom. The number of hydrogen-bond donors (Lipinski definition) is 1. The zero-order valence-electron chi connectivity index (χ0n) is 15.1. The molecule has 0 saturated heterocycles. The van der Waals surface area contributed by atoms with Crippen LogP contribution < -0.4 is 14.8 Å². The maximum absolute atomic E-state index is 13.0. The average molecular weight is 357 g/mol. The summed E-state index contributed by atoms with van der Waals surface area (Å²) in [6.45, 7) is 5.23. The molecule has 1 amide bonds. The van der Waals surface area contributed by atoms with Crippen LogP contribution in [0.3, 0.4) is 0 Å². The fraction of sp³-hybridized carbons (Fsp3) is 0.381. The number of carbonyl (C=O) groups excluding carboxylic acids is 1. The van der Waals surface area contributed by atoms with E-state index in [-0.39, 0.29) is 23.7 Å². The van der Waals surface area contributed by atoms with Crippen molar-refractivity contribution in [2.45, 2.75) is 32.7 Å². The predicted octanol–water partition coefficient (Wildman–Crippen LogP) is 4.04. The Kier molecular flexibility index (Phi) is 5.76. The zero-order chi connectivity index (χ0) is 18.5. The van der Waals surface area contributed by atoms with Gasteiger partial charge in [-0.1, -0.05) is 32.0 Å². The summed E-state index contributed by atoms with van der Waals surface area (Å²) < 4.78 is 24.2. The van der Waals surface area contributed by atoms with Crippen molar-refractivity contribution in [2.75, 3.05) is 13.2 Å². The molecular formula is C21H24FNO3. The molecule has 0 bridgehead atoms. The summed E-state index contributed by atoms with van der Waals surface area (Å²) in [6.07, 6.45) is 0.942. The molecule has 138 valence electrons. The van der Waals surface area contributed by atoms with Gasteiger partial charge in [-0.15, -0.1) is 0 Å². The summed E-state index contributed by atoms with van der Waals surface area (Å²) >= 11 is 0. The first kappa shape index (κ1) is 18.2. The van der Waals surface area contributed by atoms with Crippen LogP contribution in [0.25, 0.3) is 0 Å². The largest absolute Gasteiger partial charge is 0.486 e. The van der Waals surface area contributed by atoms with E-state index in [0.717, 1.165) is 22.6 Å². The number of halogens is 1. The number of carbonyl (C=O) groups is 1. The molecule has 1 N–H and O–H groups in total. The first-order chi connectivity index (χ1) is 12.5. The van der Waals surface area contributed by atoms with Crippen LogP contribution in [0.1, 0.15) is 37.4 Å². The molecule has 2 aromatic carbocycles. The smallest absolute Gasteiger partial charge is 0.220 e. The van der Waals surface area contributed by atoms with Crippen molar-refractivity contribution in [1.29, 1.82) is 0 Å². The molecular weight excluding hydrogens is 333 g/mol. The lowest BCUT2D eigenvalue weighted by molar-refractivity contribution is -0.122. The molecule has 0 unspecified atom stereocenters. The highest BCUT2D eigenvalue weighted by Crippen LogP contribution is 2.34. The quantitative estimate of drug-likeness (QED) is 0.849. The summed E-state index contributed by atoms with van der Waals surface area (Å²) in [5.41, 5.74) is 1.95. The fourth-order valence-corrected chi connectivity index (χ4v) is 3.04. The maximum atomic E-state index is 13.0. The van der Waals surface area contributed by atoms with Crippen molar-refractivity contribution < 1.29 is 18.7 Å². The second kappa shape index (κ2) is 8.21. The highest BCUT2D eigenvalue weighted by molar-refractivity contribution is 5.76. The third kappa shape index (κ3) is 4.54.